The summed E-state index contributed by atoms with van der Waals surface area (Å²) in [7, 11) is 0. The third-order valence-electron chi connectivity index (χ3n) is 7.26. The van der Waals surface area contributed by atoms with Gasteiger partial charge in [-0.15, -0.1) is 0 Å². The van der Waals surface area contributed by atoms with Crippen molar-refractivity contribution in [1.82, 2.24) is 10.2 Å². The first kappa shape index (κ1) is 24.5. The van der Waals surface area contributed by atoms with Crippen LogP contribution in [0.3, 0.4) is 0 Å². The highest BCUT2D eigenvalue weighted by Gasteiger charge is 2.68. The quantitative estimate of drug-likeness (QED) is 0.337. The topological polar surface area (TPSA) is 130 Å². The maximum Gasteiger partial charge on any atom is 0.325 e. The minimum atomic E-state index is -1.74. The summed E-state index contributed by atoms with van der Waals surface area (Å²) in [5.74, 6) is -3.99. The molecule has 0 radical (unpaired) electrons. The lowest BCUT2D eigenvalue weighted by molar-refractivity contribution is -0.384. The van der Waals surface area contributed by atoms with Gasteiger partial charge >= 0.3 is 5.97 Å². The van der Waals surface area contributed by atoms with E-state index in [1.807, 2.05) is 39.0 Å². The number of carboxylic acids is 1. The minimum absolute atomic E-state index is 0.0938. The van der Waals surface area contributed by atoms with Crippen molar-refractivity contribution in [2.24, 2.45) is 11.8 Å². The van der Waals surface area contributed by atoms with Crippen molar-refractivity contribution in [2.45, 2.75) is 51.6 Å². The molecule has 35 heavy (non-hydrogen) atoms. The van der Waals surface area contributed by atoms with Crippen LogP contribution in [0.25, 0.3) is 0 Å². The van der Waals surface area contributed by atoms with Gasteiger partial charge in [-0.05, 0) is 37.0 Å². The van der Waals surface area contributed by atoms with E-state index in [0.717, 1.165) is 23.1 Å². The Kier molecular flexibility index (Phi) is 6.46. The van der Waals surface area contributed by atoms with Gasteiger partial charge in [0.1, 0.15) is 5.54 Å². The Bertz CT molecular complexity index is 1190. The Balaban J connectivity index is 1.83. The first-order valence-corrected chi connectivity index (χ1v) is 11.8. The number of fused-ring (bicyclic) bond motifs is 1. The number of rotatable bonds is 8. The molecule has 2 aliphatic heterocycles. The fourth-order valence-electron chi connectivity index (χ4n) is 5.45. The summed E-state index contributed by atoms with van der Waals surface area (Å²) < 4.78 is 0. The number of carbonyl (C=O) groups is 3. The van der Waals surface area contributed by atoms with Crippen LogP contribution in [-0.4, -0.2) is 44.8 Å². The Morgan fingerprint density at radius 3 is 2.43 bits per heavy atom. The molecule has 2 aromatic carbocycles. The standard InChI is InChI=1S/C26H29N3O6/c1-4-5-12-28-23(30)20-21(24(28)31)26(25(32)33,14-17-8-10-18(11-9-17)29(34)35)27-22(20)19-13-15(2)6-7-16(19)3/h6-11,13,20-22,27H,4-5,12,14H2,1-3H3,(H,32,33). The maximum absolute atomic E-state index is 13.6. The zero-order valence-corrected chi connectivity index (χ0v) is 20.0. The van der Waals surface area contributed by atoms with E-state index in [-0.39, 0.29) is 24.6 Å². The monoisotopic (exact) mass is 479 g/mol. The number of unbranched alkanes of at least 4 members (excludes halogenated alkanes) is 1. The van der Waals surface area contributed by atoms with Crippen LogP contribution in [0, 0.1) is 35.8 Å². The number of likely N-dealkylation sites (tertiary alicyclic amines) is 1. The third-order valence-corrected chi connectivity index (χ3v) is 7.26. The fourth-order valence-corrected chi connectivity index (χ4v) is 5.45. The van der Waals surface area contributed by atoms with Gasteiger partial charge in [0.15, 0.2) is 0 Å². The largest absolute Gasteiger partial charge is 0.480 e. The number of amides is 2. The lowest BCUT2D eigenvalue weighted by Gasteiger charge is -2.31. The van der Waals surface area contributed by atoms with Gasteiger partial charge in [0, 0.05) is 31.1 Å². The predicted octanol–water partition coefficient (Wildman–Crippen LogP) is 3.32. The average molecular weight is 480 g/mol. The molecule has 4 atom stereocenters. The van der Waals surface area contributed by atoms with Crippen LogP contribution in [0.5, 0.6) is 0 Å². The number of benzene rings is 2. The molecule has 2 saturated heterocycles. The van der Waals surface area contributed by atoms with Crippen molar-refractivity contribution in [3.8, 4) is 0 Å². The van der Waals surface area contributed by atoms with Crippen LogP contribution >= 0.6 is 0 Å². The lowest BCUT2D eigenvalue weighted by atomic mass is 9.76. The van der Waals surface area contributed by atoms with Crippen LogP contribution in [0.2, 0.25) is 0 Å². The second-order valence-corrected chi connectivity index (χ2v) is 9.54. The van der Waals surface area contributed by atoms with E-state index in [9.17, 15) is 29.6 Å². The smallest absolute Gasteiger partial charge is 0.325 e. The number of hydrogen-bond donors (Lipinski definition) is 2. The molecule has 0 bridgehead atoms. The average Bonchev–Trinajstić information content (AvgIpc) is 3.28. The van der Waals surface area contributed by atoms with Crippen LogP contribution in [0.15, 0.2) is 42.5 Å². The number of nitrogens with zero attached hydrogens (tertiary/aromatic N) is 2. The van der Waals surface area contributed by atoms with Crippen LogP contribution in [0.1, 0.15) is 48.1 Å². The van der Waals surface area contributed by atoms with Crippen LogP contribution in [0.4, 0.5) is 5.69 Å². The number of aliphatic carboxylic acids is 1. The van der Waals surface area contributed by atoms with Crippen LogP contribution < -0.4 is 5.32 Å². The molecule has 2 aliphatic rings. The second-order valence-electron chi connectivity index (χ2n) is 9.54. The number of nitrogens with one attached hydrogen (secondary N) is 1. The van der Waals surface area contributed by atoms with Crippen molar-refractivity contribution >= 4 is 23.5 Å². The summed E-state index contributed by atoms with van der Waals surface area (Å²) >= 11 is 0. The molecular weight excluding hydrogens is 450 g/mol. The molecule has 0 aromatic heterocycles. The highest BCUT2D eigenvalue weighted by Crippen LogP contribution is 2.50. The minimum Gasteiger partial charge on any atom is -0.480 e. The van der Waals surface area contributed by atoms with Crippen molar-refractivity contribution in [3.05, 3.63) is 74.8 Å². The van der Waals surface area contributed by atoms with Crippen molar-refractivity contribution in [3.63, 3.8) is 0 Å². The highest BCUT2D eigenvalue weighted by atomic mass is 16.6. The molecule has 2 N–H and O–H groups in total. The Hall–Kier alpha value is -3.59. The van der Waals surface area contributed by atoms with E-state index >= 15 is 0 Å². The van der Waals surface area contributed by atoms with E-state index in [4.69, 9.17) is 0 Å². The van der Waals surface area contributed by atoms with E-state index in [0.29, 0.717) is 12.0 Å². The predicted molar refractivity (Wildman–Crippen MR) is 128 cm³/mol. The van der Waals surface area contributed by atoms with E-state index in [1.54, 1.807) is 0 Å². The number of carboxylic acid groups (broad SMARTS) is 1. The number of carbonyl (C=O) groups excluding carboxylic acids is 2. The molecule has 0 spiro atoms. The number of imide groups is 1. The SMILES string of the molecule is CCCCN1C(=O)C2C(c3cc(C)ccc3C)NC(Cc3ccc([N+](=O)[O-])cc3)(C(=O)O)C2C1=O. The molecule has 184 valence electrons. The van der Waals surface area contributed by atoms with Gasteiger partial charge in [-0.1, -0.05) is 49.2 Å². The van der Waals surface area contributed by atoms with Crippen LogP contribution in [-0.2, 0) is 20.8 Å². The van der Waals surface area contributed by atoms with Gasteiger partial charge in [0.05, 0.1) is 16.8 Å². The van der Waals surface area contributed by atoms with Gasteiger partial charge in [-0.3, -0.25) is 34.7 Å². The molecule has 2 aromatic rings. The number of non-ortho nitro benzene ring substituents is 1. The molecule has 2 heterocycles. The van der Waals surface area contributed by atoms with Gasteiger partial charge < -0.3 is 5.11 Å². The molecule has 9 nitrogen and oxygen atoms in total. The normalized spacial score (nSPS) is 25.7. The Morgan fingerprint density at radius 2 is 1.83 bits per heavy atom. The van der Waals surface area contributed by atoms with Gasteiger partial charge in [-0.25, -0.2) is 0 Å². The second kappa shape index (κ2) is 9.22. The van der Waals surface area contributed by atoms with E-state index < -0.39 is 40.2 Å². The van der Waals surface area contributed by atoms with Crippen molar-refractivity contribution in [1.29, 1.82) is 0 Å². The molecule has 4 unspecified atom stereocenters. The van der Waals surface area contributed by atoms with Crippen molar-refractivity contribution < 1.29 is 24.4 Å². The number of nitro benzene ring substituents is 1. The molecule has 9 heteroatoms. The number of hydrogen-bond acceptors (Lipinski definition) is 6. The van der Waals surface area contributed by atoms with Gasteiger partial charge in [-0.2, -0.15) is 0 Å². The Labute approximate surface area is 203 Å². The molecule has 0 saturated carbocycles. The summed E-state index contributed by atoms with van der Waals surface area (Å²) in [5.41, 5.74) is 1.34. The van der Waals surface area contributed by atoms with Gasteiger partial charge in [0.25, 0.3) is 5.69 Å². The maximum atomic E-state index is 13.6. The number of nitro groups is 1. The van der Waals surface area contributed by atoms with Gasteiger partial charge in [0.2, 0.25) is 11.8 Å². The molecule has 4 rings (SSSR count). The summed E-state index contributed by atoms with van der Waals surface area (Å²) in [6.07, 6.45) is 1.34. The summed E-state index contributed by atoms with van der Waals surface area (Å²) in [5, 5.41) is 24.8. The van der Waals surface area contributed by atoms with Crippen molar-refractivity contribution in [2.75, 3.05) is 6.54 Å². The fraction of sp³-hybridized carbons (Fsp3) is 0.423. The summed E-state index contributed by atoms with van der Waals surface area (Å²) in [6, 6.07) is 10.8. The zero-order valence-electron chi connectivity index (χ0n) is 20.0. The number of aryl methyl sites for hydroxylation is 2. The highest BCUT2D eigenvalue weighted by molar-refractivity contribution is 6.09. The summed E-state index contributed by atoms with van der Waals surface area (Å²) in [6.45, 7) is 6.04. The first-order chi connectivity index (χ1) is 16.6. The molecule has 2 fully saturated rings. The molecular formula is C26H29N3O6. The first-order valence-electron chi connectivity index (χ1n) is 11.8. The lowest BCUT2D eigenvalue weighted by Crippen LogP contribution is -2.57. The third kappa shape index (κ3) is 4.10. The van der Waals surface area contributed by atoms with E-state index in [1.165, 1.54) is 29.2 Å². The zero-order chi connectivity index (χ0) is 25.5. The molecule has 0 aliphatic carbocycles. The Morgan fingerprint density at radius 1 is 1.14 bits per heavy atom. The van der Waals surface area contributed by atoms with E-state index in [2.05, 4.69) is 5.32 Å². The summed E-state index contributed by atoms with van der Waals surface area (Å²) in [4.78, 5) is 51.8. The molecule has 2 amide bonds.